The van der Waals surface area contributed by atoms with E-state index in [1.807, 2.05) is 0 Å². The van der Waals surface area contributed by atoms with Crippen LogP contribution in [0.5, 0.6) is 0 Å². The summed E-state index contributed by atoms with van der Waals surface area (Å²) in [5.74, 6) is 0.543. The highest BCUT2D eigenvalue weighted by Gasteiger charge is 1.92. The minimum atomic E-state index is 0.543. The van der Waals surface area contributed by atoms with Gasteiger partial charge in [0, 0.05) is 24.8 Å². The molecular formula is C6H8N4. The van der Waals surface area contributed by atoms with Gasteiger partial charge in [0.2, 0.25) is 5.95 Å². The fourth-order valence-electron chi connectivity index (χ4n) is 0.637. The lowest BCUT2D eigenvalue weighted by molar-refractivity contribution is 1.11. The molecule has 1 rings (SSSR count). The summed E-state index contributed by atoms with van der Waals surface area (Å²) in [6.45, 7) is 3.34. The van der Waals surface area contributed by atoms with E-state index in [0.717, 1.165) is 0 Å². The molecule has 0 saturated carbocycles. The molecule has 2 N–H and O–H groups in total. The summed E-state index contributed by atoms with van der Waals surface area (Å²) >= 11 is 0. The van der Waals surface area contributed by atoms with Crippen LogP contribution >= 0.6 is 0 Å². The number of nitrogens with zero attached hydrogens (tertiary/aromatic N) is 3. The van der Waals surface area contributed by atoms with Gasteiger partial charge in [-0.25, -0.2) is 9.98 Å². The van der Waals surface area contributed by atoms with Gasteiger partial charge >= 0.3 is 0 Å². The number of rotatable bonds is 2. The number of aliphatic imine (C=N–C) groups is 1. The maximum absolute atomic E-state index is 5.15. The van der Waals surface area contributed by atoms with Crippen molar-refractivity contribution in [1.29, 1.82) is 0 Å². The zero-order valence-electron chi connectivity index (χ0n) is 5.44. The average molecular weight is 136 g/mol. The van der Waals surface area contributed by atoms with E-state index in [1.165, 1.54) is 6.20 Å². The molecule has 10 heavy (non-hydrogen) atoms. The van der Waals surface area contributed by atoms with Crippen LogP contribution in [0.25, 0.3) is 6.20 Å². The van der Waals surface area contributed by atoms with Crippen LogP contribution in [0.1, 0.15) is 0 Å². The van der Waals surface area contributed by atoms with Crippen LogP contribution < -0.4 is 5.73 Å². The van der Waals surface area contributed by atoms with E-state index in [9.17, 15) is 0 Å². The summed E-state index contributed by atoms with van der Waals surface area (Å²) in [6.07, 6.45) is 6.44. The SMILES string of the molecule is C=Nc1nccn1/C=C\N. The normalized spacial score (nSPS) is 10.4. The second-order valence-corrected chi connectivity index (χ2v) is 1.63. The van der Waals surface area contributed by atoms with Crippen LogP contribution in [-0.2, 0) is 0 Å². The fraction of sp³-hybridized carbons (Fsp3) is 0. The highest BCUT2D eigenvalue weighted by atomic mass is 15.1. The van der Waals surface area contributed by atoms with Crippen LogP contribution in [-0.4, -0.2) is 16.3 Å². The molecule has 0 aromatic carbocycles. The van der Waals surface area contributed by atoms with E-state index < -0.39 is 0 Å². The van der Waals surface area contributed by atoms with Gasteiger partial charge in [0.25, 0.3) is 0 Å². The molecule has 4 nitrogen and oxygen atoms in total. The number of aromatic nitrogens is 2. The molecule has 0 atom stereocenters. The van der Waals surface area contributed by atoms with Gasteiger partial charge in [0.05, 0.1) is 0 Å². The maximum Gasteiger partial charge on any atom is 0.233 e. The molecule has 52 valence electrons. The van der Waals surface area contributed by atoms with Crippen molar-refractivity contribution in [2.24, 2.45) is 10.7 Å². The Labute approximate surface area is 58.7 Å². The van der Waals surface area contributed by atoms with Crippen LogP contribution in [0.15, 0.2) is 23.6 Å². The Bertz CT molecular complexity index is 248. The number of hydrogen-bond acceptors (Lipinski definition) is 3. The maximum atomic E-state index is 5.15. The van der Waals surface area contributed by atoms with Gasteiger partial charge in [-0.3, -0.25) is 4.57 Å². The average Bonchev–Trinajstić information content (AvgIpc) is 2.36. The fourth-order valence-corrected chi connectivity index (χ4v) is 0.637. The molecule has 0 spiro atoms. The van der Waals surface area contributed by atoms with Crippen LogP contribution in [0.4, 0.5) is 5.95 Å². The third-order valence-corrected chi connectivity index (χ3v) is 1.04. The molecule has 0 amide bonds. The predicted molar refractivity (Wildman–Crippen MR) is 41.0 cm³/mol. The second kappa shape index (κ2) is 2.82. The summed E-state index contributed by atoms with van der Waals surface area (Å²) in [5, 5.41) is 0. The molecule has 1 aromatic rings. The van der Waals surface area contributed by atoms with E-state index >= 15 is 0 Å². The molecule has 0 aliphatic rings. The summed E-state index contributed by atoms with van der Waals surface area (Å²) < 4.78 is 1.67. The van der Waals surface area contributed by atoms with Crippen molar-refractivity contribution in [1.82, 2.24) is 9.55 Å². The van der Waals surface area contributed by atoms with Crippen molar-refractivity contribution in [3.8, 4) is 0 Å². The van der Waals surface area contributed by atoms with E-state index in [2.05, 4.69) is 16.7 Å². The highest BCUT2D eigenvalue weighted by molar-refractivity contribution is 5.40. The van der Waals surface area contributed by atoms with Crippen LogP contribution in [0, 0.1) is 0 Å². The van der Waals surface area contributed by atoms with E-state index in [-0.39, 0.29) is 0 Å². The summed E-state index contributed by atoms with van der Waals surface area (Å²) in [6, 6.07) is 0. The van der Waals surface area contributed by atoms with E-state index in [0.29, 0.717) is 5.95 Å². The number of imidazole rings is 1. The Morgan fingerprint density at radius 1 is 1.80 bits per heavy atom. The van der Waals surface area contributed by atoms with Crippen LogP contribution in [0.2, 0.25) is 0 Å². The van der Waals surface area contributed by atoms with Crippen molar-refractivity contribution in [2.75, 3.05) is 0 Å². The smallest absolute Gasteiger partial charge is 0.233 e. The quantitative estimate of drug-likeness (QED) is 0.605. The third-order valence-electron chi connectivity index (χ3n) is 1.04. The summed E-state index contributed by atoms with van der Waals surface area (Å²) in [5.41, 5.74) is 5.15. The van der Waals surface area contributed by atoms with Gasteiger partial charge < -0.3 is 5.73 Å². The largest absolute Gasteiger partial charge is 0.403 e. The first-order valence-corrected chi connectivity index (χ1v) is 2.76. The summed E-state index contributed by atoms with van der Waals surface area (Å²) in [7, 11) is 0. The van der Waals surface area contributed by atoms with Crippen molar-refractivity contribution in [3.63, 3.8) is 0 Å². The molecule has 4 heteroatoms. The van der Waals surface area contributed by atoms with Crippen molar-refractivity contribution in [2.45, 2.75) is 0 Å². The standard InChI is InChI=1S/C6H8N4/c1-8-6-9-3-5-10(6)4-2-7/h2-5H,1,7H2/b4-2-. The Hall–Kier alpha value is -1.58. The third kappa shape index (κ3) is 1.05. The van der Waals surface area contributed by atoms with Gasteiger partial charge in [-0.15, -0.1) is 0 Å². The zero-order valence-corrected chi connectivity index (χ0v) is 5.44. The molecule has 0 aliphatic carbocycles. The predicted octanol–water partition coefficient (Wildman–Crippen LogP) is 0.602. The Balaban J connectivity index is 3.00. The molecule has 0 unspecified atom stereocenters. The molecule has 0 radical (unpaired) electrons. The molecule has 0 aliphatic heterocycles. The Morgan fingerprint density at radius 3 is 3.20 bits per heavy atom. The molecule has 0 bridgehead atoms. The number of nitrogens with two attached hydrogens (primary N) is 1. The van der Waals surface area contributed by atoms with Crippen LogP contribution in [0.3, 0.4) is 0 Å². The Kier molecular flexibility index (Phi) is 1.84. The minimum Gasteiger partial charge on any atom is -0.403 e. The Morgan fingerprint density at radius 2 is 2.60 bits per heavy atom. The topological polar surface area (TPSA) is 56.2 Å². The number of hydrogen-bond donors (Lipinski definition) is 1. The molecule has 0 saturated heterocycles. The molecule has 0 fully saturated rings. The first-order chi connectivity index (χ1) is 4.88. The van der Waals surface area contributed by atoms with E-state index in [1.54, 1.807) is 23.2 Å². The van der Waals surface area contributed by atoms with E-state index in [4.69, 9.17) is 5.73 Å². The second-order valence-electron chi connectivity index (χ2n) is 1.63. The monoisotopic (exact) mass is 136 g/mol. The first-order valence-electron chi connectivity index (χ1n) is 2.76. The van der Waals surface area contributed by atoms with Crippen molar-refractivity contribution >= 4 is 18.9 Å². The lowest BCUT2D eigenvalue weighted by Gasteiger charge is -1.91. The highest BCUT2D eigenvalue weighted by Crippen LogP contribution is 2.06. The minimum absolute atomic E-state index is 0.543. The van der Waals surface area contributed by atoms with Gasteiger partial charge in [-0.1, -0.05) is 0 Å². The van der Waals surface area contributed by atoms with Gasteiger partial charge in [0.1, 0.15) is 0 Å². The molecule has 1 heterocycles. The van der Waals surface area contributed by atoms with Crippen molar-refractivity contribution in [3.05, 3.63) is 18.6 Å². The van der Waals surface area contributed by atoms with Gasteiger partial charge in [-0.05, 0) is 6.72 Å². The first kappa shape index (κ1) is 6.54. The lowest BCUT2D eigenvalue weighted by Crippen LogP contribution is -1.85. The van der Waals surface area contributed by atoms with Gasteiger partial charge in [0.15, 0.2) is 0 Å². The summed E-state index contributed by atoms with van der Waals surface area (Å²) in [4.78, 5) is 7.52. The molecule has 1 aromatic heterocycles. The molecular weight excluding hydrogens is 128 g/mol. The zero-order chi connectivity index (χ0) is 7.40. The van der Waals surface area contributed by atoms with Gasteiger partial charge in [-0.2, -0.15) is 0 Å². The lowest BCUT2D eigenvalue weighted by atomic mass is 10.8. The van der Waals surface area contributed by atoms with Crippen molar-refractivity contribution < 1.29 is 0 Å².